The Balaban J connectivity index is 0. The van der Waals surface area contributed by atoms with Crippen LogP contribution in [0.5, 0.6) is 0 Å². The molecule has 50 valence electrons. The van der Waals surface area contributed by atoms with E-state index in [-0.39, 0.29) is 5.91 Å². The molecule has 0 unspecified atom stereocenters. The van der Waals surface area contributed by atoms with Crippen molar-refractivity contribution in [1.29, 1.82) is 0 Å². The normalized spacial score (nSPS) is 7.62. The molecule has 0 aliphatic carbocycles. The Labute approximate surface area is 53.8 Å². The second-order valence-corrected chi connectivity index (χ2v) is 4.28. The molecule has 0 radical (unpaired) electrons. The van der Waals surface area contributed by atoms with Crippen LogP contribution >= 0.6 is 0 Å². The Morgan fingerprint density at radius 1 is 1.38 bits per heavy atom. The highest BCUT2D eigenvalue weighted by Gasteiger charge is 1.77. The van der Waals surface area contributed by atoms with Crippen LogP contribution in [0.4, 0.5) is 0 Å². The minimum Gasteiger partial charge on any atom is -0.370 e. The fourth-order valence-corrected chi connectivity index (χ4v) is 0. The molecule has 0 bridgehead atoms. The van der Waals surface area contributed by atoms with Crippen molar-refractivity contribution in [3.8, 4) is 0 Å². The van der Waals surface area contributed by atoms with Crippen molar-refractivity contribution >= 4 is 16.8 Å². The highest BCUT2D eigenvalue weighted by Crippen LogP contribution is 1.63. The van der Waals surface area contributed by atoms with E-state index in [0.29, 0.717) is 10.9 Å². The van der Waals surface area contributed by atoms with E-state index in [1.807, 2.05) is 0 Å². The summed E-state index contributed by atoms with van der Waals surface area (Å²) in [7, 11) is 0.639. The highest BCUT2D eigenvalue weighted by atomic mass is 32.2. The molecule has 2 nitrogen and oxygen atoms in total. The molecular formula is C5H14NOS+. The molecule has 0 aromatic heterocycles. The zero-order valence-corrected chi connectivity index (χ0v) is 6.71. The predicted molar refractivity (Wildman–Crippen MR) is 40.0 cm³/mol. The van der Waals surface area contributed by atoms with E-state index in [2.05, 4.69) is 24.5 Å². The van der Waals surface area contributed by atoms with Crippen LogP contribution in [0.3, 0.4) is 0 Å². The highest BCUT2D eigenvalue weighted by molar-refractivity contribution is 7.94. The van der Waals surface area contributed by atoms with Gasteiger partial charge in [-0.1, -0.05) is 0 Å². The van der Waals surface area contributed by atoms with Crippen molar-refractivity contribution < 1.29 is 4.79 Å². The van der Waals surface area contributed by atoms with E-state index in [9.17, 15) is 4.79 Å². The van der Waals surface area contributed by atoms with Gasteiger partial charge in [-0.05, 0) is 10.9 Å². The third-order valence-electron chi connectivity index (χ3n) is 0. The number of hydrogen-bond acceptors (Lipinski definition) is 1. The number of primary amides is 1. The first-order valence-corrected chi connectivity index (χ1v) is 4.67. The molecule has 2 N–H and O–H groups in total. The Bertz CT molecular complexity index is 56.7. The van der Waals surface area contributed by atoms with Gasteiger partial charge >= 0.3 is 0 Å². The van der Waals surface area contributed by atoms with Gasteiger partial charge in [-0.2, -0.15) is 0 Å². The Hall–Kier alpha value is -0.180. The van der Waals surface area contributed by atoms with Gasteiger partial charge in [0.2, 0.25) is 5.91 Å². The zero-order valence-electron chi connectivity index (χ0n) is 5.89. The van der Waals surface area contributed by atoms with Crippen molar-refractivity contribution in [2.24, 2.45) is 5.73 Å². The number of amides is 1. The van der Waals surface area contributed by atoms with Gasteiger partial charge in [0, 0.05) is 6.92 Å². The summed E-state index contributed by atoms with van der Waals surface area (Å²) in [5, 5.41) is 0. The third-order valence-corrected chi connectivity index (χ3v) is 0. The fraction of sp³-hybridized carbons (Fsp3) is 0.800. The standard InChI is InChI=1S/C3H9S.C2H5NO/c1-4(2)3;1-2(3)4/h1-3H3;1H3,(H2,3,4)/q+1;. The molecule has 0 aromatic rings. The van der Waals surface area contributed by atoms with Gasteiger partial charge in [-0.15, -0.1) is 0 Å². The monoisotopic (exact) mass is 136 g/mol. The second-order valence-electron chi connectivity index (χ2n) is 1.84. The Morgan fingerprint density at radius 2 is 1.38 bits per heavy atom. The number of carbonyl (C=O) groups excluding carboxylic acids is 1. The summed E-state index contributed by atoms with van der Waals surface area (Å²) in [6.07, 6.45) is 6.58. The van der Waals surface area contributed by atoms with E-state index in [0.717, 1.165) is 0 Å². The van der Waals surface area contributed by atoms with Gasteiger partial charge in [0.05, 0.1) is 18.8 Å². The topological polar surface area (TPSA) is 43.1 Å². The first kappa shape index (κ1) is 10.7. The van der Waals surface area contributed by atoms with Gasteiger partial charge in [0.15, 0.2) is 0 Å². The summed E-state index contributed by atoms with van der Waals surface area (Å²) in [4.78, 5) is 9.22. The number of hydrogen-bond donors (Lipinski definition) is 1. The molecule has 0 aromatic carbocycles. The average Bonchev–Trinajstić information content (AvgIpc) is 1.25. The largest absolute Gasteiger partial charge is 0.370 e. The average molecular weight is 136 g/mol. The Kier molecular flexibility index (Phi) is 9.15. The molecule has 0 spiro atoms. The third kappa shape index (κ3) is 4170. The summed E-state index contributed by atoms with van der Waals surface area (Å²) in [5.74, 6) is -0.333. The molecule has 0 fully saturated rings. The summed E-state index contributed by atoms with van der Waals surface area (Å²) < 4.78 is 0. The quantitative estimate of drug-likeness (QED) is 0.467. The smallest absolute Gasteiger partial charge is 0.214 e. The summed E-state index contributed by atoms with van der Waals surface area (Å²) >= 11 is 0. The minimum absolute atomic E-state index is 0.333. The molecule has 0 saturated heterocycles. The molecular weight excluding hydrogens is 122 g/mol. The van der Waals surface area contributed by atoms with Gasteiger partial charge < -0.3 is 5.73 Å². The van der Waals surface area contributed by atoms with E-state index in [1.54, 1.807) is 0 Å². The maximum Gasteiger partial charge on any atom is 0.214 e. The van der Waals surface area contributed by atoms with Crippen LogP contribution in [0.25, 0.3) is 0 Å². The van der Waals surface area contributed by atoms with Crippen LogP contribution in [0.2, 0.25) is 0 Å². The van der Waals surface area contributed by atoms with Crippen LogP contribution in [-0.2, 0) is 15.7 Å². The molecule has 0 heterocycles. The predicted octanol–water partition coefficient (Wildman–Crippen LogP) is -0.0143. The van der Waals surface area contributed by atoms with Gasteiger partial charge in [-0.25, -0.2) is 0 Å². The van der Waals surface area contributed by atoms with E-state index in [1.165, 1.54) is 6.92 Å². The molecule has 0 rings (SSSR count). The molecule has 0 atom stereocenters. The minimum atomic E-state index is -0.333. The number of nitrogens with two attached hydrogens (primary N) is 1. The lowest BCUT2D eigenvalue weighted by Gasteiger charge is -1.69. The van der Waals surface area contributed by atoms with E-state index < -0.39 is 0 Å². The summed E-state index contributed by atoms with van der Waals surface area (Å²) in [5.41, 5.74) is 4.47. The molecule has 0 aliphatic rings. The van der Waals surface area contributed by atoms with Crippen LogP contribution in [0, 0.1) is 0 Å². The molecule has 0 aliphatic heterocycles. The van der Waals surface area contributed by atoms with Crippen molar-refractivity contribution in [2.45, 2.75) is 6.92 Å². The zero-order chi connectivity index (χ0) is 7.15. The second kappa shape index (κ2) is 6.82. The van der Waals surface area contributed by atoms with Crippen molar-refractivity contribution in [1.82, 2.24) is 0 Å². The van der Waals surface area contributed by atoms with Crippen LogP contribution < -0.4 is 5.73 Å². The lowest BCUT2D eigenvalue weighted by atomic mass is 10.8. The van der Waals surface area contributed by atoms with Crippen molar-refractivity contribution in [2.75, 3.05) is 18.8 Å². The summed E-state index contributed by atoms with van der Waals surface area (Å²) in [6, 6.07) is 0. The molecule has 1 amide bonds. The van der Waals surface area contributed by atoms with E-state index in [4.69, 9.17) is 0 Å². The lowest BCUT2D eigenvalue weighted by Crippen LogP contribution is -2.01. The number of carbonyl (C=O) groups is 1. The van der Waals surface area contributed by atoms with Crippen molar-refractivity contribution in [3.05, 3.63) is 0 Å². The van der Waals surface area contributed by atoms with Crippen LogP contribution in [-0.4, -0.2) is 24.7 Å². The van der Waals surface area contributed by atoms with E-state index >= 15 is 0 Å². The fourth-order valence-electron chi connectivity index (χ4n) is 0. The summed E-state index contributed by atoms with van der Waals surface area (Å²) in [6.45, 7) is 1.31. The first-order chi connectivity index (χ1) is 3.46. The maximum atomic E-state index is 9.22. The number of rotatable bonds is 0. The van der Waals surface area contributed by atoms with Crippen LogP contribution in [0.1, 0.15) is 6.92 Å². The van der Waals surface area contributed by atoms with Gasteiger partial charge in [-0.3, -0.25) is 4.79 Å². The first-order valence-electron chi connectivity index (χ1n) is 2.22. The van der Waals surface area contributed by atoms with Gasteiger partial charge in [0.1, 0.15) is 0 Å². The van der Waals surface area contributed by atoms with Gasteiger partial charge in [0.25, 0.3) is 0 Å². The molecule has 3 heteroatoms. The molecule has 8 heavy (non-hydrogen) atoms. The Morgan fingerprint density at radius 3 is 1.38 bits per heavy atom. The van der Waals surface area contributed by atoms with Crippen molar-refractivity contribution in [3.63, 3.8) is 0 Å². The van der Waals surface area contributed by atoms with Crippen LogP contribution in [0.15, 0.2) is 0 Å². The molecule has 0 saturated carbocycles. The lowest BCUT2D eigenvalue weighted by molar-refractivity contribution is -0.115. The SMILES string of the molecule is CC(N)=O.C[S+](C)C. The maximum absolute atomic E-state index is 9.22.